The lowest BCUT2D eigenvalue weighted by molar-refractivity contribution is 0.589. The third-order valence-corrected chi connectivity index (χ3v) is 2.33. The van der Waals surface area contributed by atoms with Gasteiger partial charge < -0.3 is 0 Å². The molecule has 1 aromatic carbocycles. The zero-order chi connectivity index (χ0) is 10.9. The van der Waals surface area contributed by atoms with Crippen LogP contribution in [0.15, 0.2) is 12.1 Å². The van der Waals surface area contributed by atoms with Gasteiger partial charge >= 0.3 is 0 Å². The van der Waals surface area contributed by atoms with Crippen LogP contribution in [-0.2, 0) is 5.41 Å². The Morgan fingerprint density at radius 2 is 1.71 bits per heavy atom. The molecule has 0 spiro atoms. The van der Waals surface area contributed by atoms with Crippen molar-refractivity contribution in [2.24, 2.45) is 0 Å². The summed E-state index contributed by atoms with van der Waals surface area (Å²) >= 11 is 0. The van der Waals surface area contributed by atoms with E-state index >= 15 is 0 Å². The van der Waals surface area contributed by atoms with Crippen LogP contribution in [0, 0.1) is 20.4 Å². The molecule has 0 saturated heterocycles. The molecule has 1 nitrogen and oxygen atoms in total. The van der Waals surface area contributed by atoms with Gasteiger partial charge in [0.25, 0.3) is 0 Å². The molecule has 0 saturated carbocycles. The molecule has 0 radical (unpaired) electrons. The molecular formula is C13H17N. The third kappa shape index (κ3) is 1.96. The van der Waals surface area contributed by atoms with Crippen molar-refractivity contribution < 1.29 is 0 Å². The fraction of sp³-hybridized carbons (Fsp3) is 0.462. The van der Waals surface area contributed by atoms with Gasteiger partial charge in [-0.15, -0.1) is 0 Å². The van der Waals surface area contributed by atoms with Crippen molar-refractivity contribution in [3.8, 4) is 0 Å². The van der Waals surface area contributed by atoms with Gasteiger partial charge in [-0.3, -0.25) is 0 Å². The van der Waals surface area contributed by atoms with Gasteiger partial charge in [0.05, 0.1) is 6.57 Å². The Labute approximate surface area is 86.6 Å². The summed E-state index contributed by atoms with van der Waals surface area (Å²) in [6, 6.07) is 4.12. The van der Waals surface area contributed by atoms with Crippen molar-refractivity contribution in [1.82, 2.24) is 0 Å². The Kier molecular flexibility index (Phi) is 2.66. The fourth-order valence-electron chi connectivity index (χ4n) is 2.01. The van der Waals surface area contributed by atoms with Gasteiger partial charge in [0.1, 0.15) is 0 Å². The molecule has 1 rings (SSSR count). The molecule has 74 valence electrons. The van der Waals surface area contributed by atoms with Crippen LogP contribution in [0.4, 0.5) is 5.69 Å². The van der Waals surface area contributed by atoms with Gasteiger partial charge in [0, 0.05) is 0 Å². The summed E-state index contributed by atoms with van der Waals surface area (Å²) in [6.45, 7) is 17.8. The van der Waals surface area contributed by atoms with E-state index in [1.54, 1.807) is 0 Å². The maximum absolute atomic E-state index is 7.18. The van der Waals surface area contributed by atoms with Gasteiger partial charge in [-0.05, 0) is 24.8 Å². The predicted octanol–water partition coefficient (Wildman–Crippen LogP) is 4.15. The molecule has 0 aliphatic rings. The highest BCUT2D eigenvalue weighted by Crippen LogP contribution is 2.35. The van der Waals surface area contributed by atoms with E-state index in [9.17, 15) is 0 Å². The minimum atomic E-state index is 0.0532. The van der Waals surface area contributed by atoms with Gasteiger partial charge in [-0.2, -0.15) is 0 Å². The number of aryl methyl sites for hydroxylation is 2. The van der Waals surface area contributed by atoms with Crippen molar-refractivity contribution in [3.63, 3.8) is 0 Å². The molecule has 14 heavy (non-hydrogen) atoms. The summed E-state index contributed by atoms with van der Waals surface area (Å²) in [4.78, 5) is 3.61. The molecule has 0 N–H and O–H groups in total. The van der Waals surface area contributed by atoms with Crippen molar-refractivity contribution in [3.05, 3.63) is 40.2 Å². The number of hydrogen-bond donors (Lipinski definition) is 0. The molecule has 0 bridgehead atoms. The van der Waals surface area contributed by atoms with E-state index in [1.807, 2.05) is 13.0 Å². The highest BCUT2D eigenvalue weighted by atomic mass is 14.7. The summed E-state index contributed by atoms with van der Waals surface area (Å²) in [7, 11) is 0. The van der Waals surface area contributed by atoms with Crippen LogP contribution in [0.2, 0.25) is 0 Å². The van der Waals surface area contributed by atoms with E-state index in [0.717, 1.165) is 5.69 Å². The number of hydrogen-bond acceptors (Lipinski definition) is 0. The Hall–Kier alpha value is -1.29. The molecule has 0 aliphatic heterocycles. The van der Waals surface area contributed by atoms with E-state index < -0.39 is 0 Å². The zero-order valence-corrected chi connectivity index (χ0v) is 9.60. The maximum Gasteiger partial charge on any atom is 0.191 e. The highest BCUT2D eigenvalue weighted by Gasteiger charge is 2.20. The Balaban J connectivity index is 3.51. The molecule has 0 fully saturated rings. The summed E-state index contributed by atoms with van der Waals surface area (Å²) in [5.74, 6) is 0. The first-order valence-electron chi connectivity index (χ1n) is 4.85. The van der Waals surface area contributed by atoms with Crippen LogP contribution in [0.3, 0.4) is 0 Å². The first-order valence-corrected chi connectivity index (χ1v) is 4.85. The van der Waals surface area contributed by atoms with E-state index in [4.69, 9.17) is 6.57 Å². The number of rotatable bonds is 0. The molecule has 0 amide bonds. The van der Waals surface area contributed by atoms with Gasteiger partial charge in [0.2, 0.25) is 0 Å². The van der Waals surface area contributed by atoms with Gasteiger partial charge in [0.15, 0.2) is 5.69 Å². The minimum Gasteiger partial charge on any atom is -0.238 e. The average molecular weight is 187 g/mol. The van der Waals surface area contributed by atoms with Crippen molar-refractivity contribution in [2.45, 2.75) is 40.0 Å². The molecule has 0 unspecified atom stereocenters. The van der Waals surface area contributed by atoms with Crippen LogP contribution in [0.1, 0.15) is 37.5 Å². The van der Waals surface area contributed by atoms with E-state index in [-0.39, 0.29) is 5.41 Å². The topological polar surface area (TPSA) is 4.36 Å². The predicted molar refractivity (Wildman–Crippen MR) is 60.9 cm³/mol. The number of benzene rings is 1. The molecule has 0 aromatic heterocycles. The quantitative estimate of drug-likeness (QED) is 0.537. The molecule has 1 aromatic rings. The van der Waals surface area contributed by atoms with E-state index in [2.05, 4.69) is 38.6 Å². The normalized spacial score (nSPS) is 11.1. The van der Waals surface area contributed by atoms with E-state index in [0.29, 0.717) is 0 Å². The summed E-state index contributed by atoms with van der Waals surface area (Å²) < 4.78 is 0. The lowest BCUT2D eigenvalue weighted by atomic mass is 9.82. The van der Waals surface area contributed by atoms with Crippen molar-refractivity contribution >= 4 is 5.69 Å². The second-order valence-corrected chi connectivity index (χ2v) is 4.84. The molecule has 0 aliphatic carbocycles. The van der Waals surface area contributed by atoms with E-state index in [1.165, 1.54) is 16.7 Å². The minimum absolute atomic E-state index is 0.0532. The molecule has 0 atom stereocenters. The standard InChI is InChI=1S/C13H17N/c1-9-7-10(2)12(13(3,4)5)11(8-9)14-6/h7-8H,1-5H3. The van der Waals surface area contributed by atoms with Crippen molar-refractivity contribution in [1.29, 1.82) is 0 Å². The Morgan fingerprint density at radius 1 is 1.14 bits per heavy atom. The lowest BCUT2D eigenvalue weighted by Gasteiger charge is -2.23. The average Bonchev–Trinajstić information content (AvgIpc) is 1.99. The second kappa shape index (κ2) is 3.46. The Morgan fingerprint density at radius 3 is 2.14 bits per heavy atom. The van der Waals surface area contributed by atoms with Crippen LogP contribution in [0.5, 0.6) is 0 Å². The third-order valence-electron chi connectivity index (χ3n) is 2.33. The highest BCUT2D eigenvalue weighted by molar-refractivity contribution is 5.60. The summed E-state index contributed by atoms with van der Waals surface area (Å²) in [6.07, 6.45) is 0. The van der Waals surface area contributed by atoms with Crippen molar-refractivity contribution in [2.75, 3.05) is 0 Å². The maximum atomic E-state index is 7.18. The van der Waals surface area contributed by atoms with Crippen LogP contribution < -0.4 is 0 Å². The molecule has 0 heterocycles. The lowest BCUT2D eigenvalue weighted by Crippen LogP contribution is -2.13. The monoisotopic (exact) mass is 187 g/mol. The summed E-state index contributed by atoms with van der Waals surface area (Å²) in [5.41, 5.74) is 4.43. The van der Waals surface area contributed by atoms with Gasteiger partial charge in [-0.25, -0.2) is 4.85 Å². The Bertz CT molecular complexity index is 389. The largest absolute Gasteiger partial charge is 0.238 e. The first-order chi connectivity index (χ1) is 6.36. The van der Waals surface area contributed by atoms with Crippen LogP contribution in [-0.4, -0.2) is 0 Å². The van der Waals surface area contributed by atoms with Gasteiger partial charge in [-0.1, -0.05) is 44.0 Å². The van der Waals surface area contributed by atoms with Crippen LogP contribution in [0.25, 0.3) is 4.85 Å². The fourth-order valence-corrected chi connectivity index (χ4v) is 2.01. The van der Waals surface area contributed by atoms with Crippen LogP contribution >= 0.6 is 0 Å². The molecular weight excluding hydrogens is 170 g/mol. The smallest absolute Gasteiger partial charge is 0.191 e. The summed E-state index contributed by atoms with van der Waals surface area (Å²) in [5, 5.41) is 0. The second-order valence-electron chi connectivity index (χ2n) is 4.84. The number of nitrogens with zero attached hydrogens (tertiary/aromatic N) is 1. The SMILES string of the molecule is [C-]#[N+]c1cc(C)cc(C)c1C(C)(C)C. The first kappa shape index (κ1) is 10.8. The molecule has 1 heteroatoms. The zero-order valence-electron chi connectivity index (χ0n) is 9.60.